The van der Waals surface area contributed by atoms with Crippen molar-refractivity contribution >= 4 is 22.0 Å². The Hall–Kier alpha value is -1.98. The largest absolute Gasteiger partial charge is 0.294 e. The molecule has 0 heterocycles. The maximum atomic E-state index is 11.0. The molecule has 1 N–H and O–H groups in total. The topological polar surface area (TPSA) is 66.7 Å². The SMILES string of the molecule is O=S(=O)(O)c1cccc(/N=C\c2ccccc2)c1. The first-order valence-corrected chi connectivity index (χ1v) is 6.66. The van der Waals surface area contributed by atoms with Crippen molar-refractivity contribution in [1.82, 2.24) is 0 Å². The van der Waals surface area contributed by atoms with E-state index in [9.17, 15) is 8.42 Å². The van der Waals surface area contributed by atoms with Crippen molar-refractivity contribution in [3.63, 3.8) is 0 Å². The molecule has 0 saturated carbocycles. The van der Waals surface area contributed by atoms with Crippen molar-refractivity contribution in [2.24, 2.45) is 4.99 Å². The van der Waals surface area contributed by atoms with E-state index in [1.165, 1.54) is 18.2 Å². The molecular weight excluding hydrogens is 250 g/mol. The van der Waals surface area contributed by atoms with Gasteiger partial charge in [0.15, 0.2) is 0 Å². The third-order valence-corrected chi connectivity index (χ3v) is 3.13. The van der Waals surface area contributed by atoms with E-state index in [0.717, 1.165) is 5.56 Å². The molecule has 0 atom stereocenters. The van der Waals surface area contributed by atoms with E-state index in [1.54, 1.807) is 12.3 Å². The van der Waals surface area contributed by atoms with Crippen LogP contribution in [0, 0.1) is 0 Å². The van der Waals surface area contributed by atoms with Crippen molar-refractivity contribution in [2.45, 2.75) is 4.90 Å². The van der Waals surface area contributed by atoms with Crippen LogP contribution in [-0.2, 0) is 10.1 Å². The second kappa shape index (κ2) is 5.12. The lowest BCUT2D eigenvalue weighted by Crippen LogP contribution is -1.96. The molecule has 4 nitrogen and oxygen atoms in total. The average Bonchev–Trinajstić information content (AvgIpc) is 2.37. The van der Waals surface area contributed by atoms with Gasteiger partial charge < -0.3 is 0 Å². The summed E-state index contributed by atoms with van der Waals surface area (Å²) in [5, 5.41) is 0. The molecule has 0 aliphatic rings. The van der Waals surface area contributed by atoms with Gasteiger partial charge in [-0.1, -0.05) is 36.4 Å². The number of rotatable bonds is 3. The van der Waals surface area contributed by atoms with E-state index in [-0.39, 0.29) is 4.90 Å². The van der Waals surface area contributed by atoms with E-state index < -0.39 is 10.1 Å². The van der Waals surface area contributed by atoms with Crippen molar-refractivity contribution in [2.75, 3.05) is 0 Å². The van der Waals surface area contributed by atoms with Crippen molar-refractivity contribution < 1.29 is 13.0 Å². The van der Waals surface area contributed by atoms with Crippen molar-refractivity contribution in [3.05, 3.63) is 60.2 Å². The molecule has 92 valence electrons. The highest BCUT2D eigenvalue weighted by atomic mass is 32.2. The number of nitrogens with zero attached hydrogens (tertiary/aromatic N) is 1. The molecule has 0 aliphatic heterocycles. The molecule has 0 aromatic heterocycles. The van der Waals surface area contributed by atoms with Crippen LogP contribution in [0.25, 0.3) is 0 Å². The summed E-state index contributed by atoms with van der Waals surface area (Å²) in [4.78, 5) is 3.99. The van der Waals surface area contributed by atoms with Crippen LogP contribution in [0.2, 0.25) is 0 Å². The lowest BCUT2D eigenvalue weighted by atomic mass is 10.2. The molecule has 0 unspecified atom stereocenters. The van der Waals surface area contributed by atoms with E-state index in [0.29, 0.717) is 5.69 Å². The Morgan fingerprint density at radius 3 is 2.39 bits per heavy atom. The van der Waals surface area contributed by atoms with Gasteiger partial charge in [-0.15, -0.1) is 0 Å². The zero-order valence-electron chi connectivity index (χ0n) is 9.39. The fraction of sp³-hybridized carbons (Fsp3) is 0. The predicted octanol–water partition coefficient (Wildman–Crippen LogP) is 2.68. The molecule has 2 rings (SSSR count). The van der Waals surface area contributed by atoms with Gasteiger partial charge >= 0.3 is 0 Å². The van der Waals surface area contributed by atoms with Crippen LogP contribution >= 0.6 is 0 Å². The molecule has 2 aromatic rings. The van der Waals surface area contributed by atoms with Gasteiger partial charge in [0.05, 0.1) is 10.6 Å². The quantitative estimate of drug-likeness (QED) is 0.682. The van der Waals surface area contributed by atoms with Gasteiger partial charge in [0, 0.05) is 6.21 Å². The van der Waals surface area contributed by atoms with Crippen molar-refractivity contribution in [1.29, 1.82) is 0 Å². The van der Waals surface area contributed by atoms with Crippen LogP contribution in [0.1, 0.15) is 5.56 Å². The second-order valence-electron chi connectivity index (χ2n) is 3.64. The summed E-state index contributed by atoms with van der Waals surface area (Å²) >= 11 is 0. The molecule has 18 heavy (non-hydrogen) atoms. The molecule has 0 aliphatic carbocycles. The normalized spacial score (nSPS) is 11.8. The highest BCUT2D eigenvalue weighted by molar-refractivity contribution is 7.85. The monoisotopic (exact) mass is 261 g/mol. The number of aliphatic imine (C=N–C) groups is 1. The minimum atomic E-state index is -4.18. The smallest absolute Gasteiger partial charge is 0.282 e. The summed E-state index contributed by atoms with van der Waals surface area (Å²) in [7, 11) is -4.18. The number of benzene rings is 2. The van der Waals surface area contributed by atoms with E-state index in [2.05, 4.69) is 4.99 Å². The summed E-state index contributed by atoms with van der Waals surface area (Å²) < 4.78 is 30.8. The van der Waals surface area contributed by atoms with Crippen LogP contribution in [0.5, 0.6) is 0 Å². The van der Waals surface area contributed by atoms with Crippen LogP contribution in [0.4, 0.5) is 5.69 Å². The molecule has 2 aromatic carbocycles. The Kier molecular flexibility index (Phi) is 3.55. The minimum absolute atomic E-state index is 0.162. The zero-order chi connectivity index (χ0) is 13.0. The first-order chi connectivity index (χ1) is 8.55. The third kappa shape index (κ3) is 3.26. The Morgan fingerprint density at radius 1 is 1.00 bits per heavy atom. The molecule has 0 bridgehead atoms. The molecule has 0 amide bonds. The lowest BCUT2D eigenvalue weighted by Gasteiger charge is -1.98. The molecule has 0 fully saturated rings. The van der Waals surface area contributed by atoms with Crippen LogP contribution < -0.4 is 0 Å². The highest BCUT2D eigenvalue weighted by Gasteiger charge is 2.08. The Bertz CT molecular complexity index is 664. The Balaban J connectivity index is 2.28. The maximum absolute atomic E-state index is 11.0. The van der Waals surface area contributed by atoms with Gasteiger partial charge in [0.2, 0.25) is 0 Å². The van der Waals surface area contributed by atoms with Crippen LogP contribution in [-0.4, -0.2) is 19.2 Å². The molecule has 0 spiro atoms. The van der Waals surface area contributed by atoms with E-state index in [4.69, 9.17) is 4.55 Å². The second-order valence-corrected chi connectivity index (χ2v) is 5.06. The number of hydrogen-bond acceptors (Lipinski definition) is 3. The van der Waals surface area contributed by atoms with Gasteiger partial charge in [-0.25, -0.2) is 0 Å². The van der Waals surface area contributed by atoms with Gasteiger partial charge in [-0.05, 0) is 23.8 Å². The zero-order valence-corrected chi connectivity index (χ0v) is 10.2. The predicted molar refractivity (Wildman–Crippen MR) is 70.0 cm³/mol. The first kappa shape index (κ1) is 12.5. The van der Waals surface area contributed by atoms with Gasteiger partial charge in [0.1, 0.15) is 0 Å². The summed E-state index contributed by atoms with van der Waals surface area (Å²) in [5.74, 6) is 0. The summed E-state index contributed by atoms with van der Waals surface area (Å²) in [5.41, 5.74) is 1.38. The molecule has 0 saturated heterocycles. The lowest BCUT2D eigenvalue weighted by molar-refractivity contribution is 0.483. The summed E-state index contributed by atoms with van der Waals surface area (Å²) in [6.07, 6.45) is 1.63. The molecule has 0 radical (unpaired) electrons. The van der Waals surface area contributed by atoms with E-state index in [1.807, 2.05) is 30.3 Å². The summed E-state index contributed by atoms with van der Waals surface area (Å²) in [6.45, 7) is 0. The van der Waals surface area contributed by atoms with Crippen LogP contribution in [0.15, 0.2) is 64.5 Å². The molecular formula is C13H11NO3S. The summed E-state index contributed by atoms with van der Waals surface area (Å²) in [6, 6.07) is 15.3. The standard InChI is InChI=1S/C13H11NO3S/c15-18(16,17)13-8-4-7-12(9-13)14-10-11-5-2-1-3-6-11/h1-10H,(H,15,16,17)/b14-10-. The maximum Gasteiger partial charge on any atom is 0.294 e. The van der Waals surface area contributed by atoms with E-state index >= 15 is 0 Å². The minimum Gasteiger partial charge on any atom is -0.282 e. The first-order valence-electron chi connectivity index (χ1n) is 5.22. The van der Waals surface area contributed by atoms with Gasteiger partial charge in [-0.3, -0.25) is 9.55 Å². The highest BCUT2D eigenvalue weighted by Crippen LogP contribution is 2.17. The van der Waals surface area contributed by atoms with Gasteiger partial charge in [-0.2, -0.15) is 8.42 Å². The van der Waals surface area contributed by atoms with Crippen molar-refractivity contribution in [3.8, 4) is 0 Å². The van der Waals surface area contributed by atoms with Gasteiger partial charge in [0.25, 0.3) is 10.1 Å². The Morgan fingerprint density at radius 2 is 1.72 bits per heavy atom. The fourth-order valence-corrected chi connectivity index (χ4v) is 1.93. The van der Waals surface area contributed by atoms with Crippen LogP contribution in [0.3, 0.4) is 0 Å². The fourth-order valence-electron chi connectivity index (χ4n) is 1.41. The third-order valence-electron chi connectivity index (χ3n) is 2.28. The average molecular weight is 261 g/mol. The Labute approximate surface area is 105 Å². The molecule has 5 heteroatoms. The number of hydrogen-bond donors (Lipinski definition) is 1.